The molecule has 0 amide bonds. The molecule has 1 unspecified atom stereocenters. The fraction of sp³-hybridized carbons (Fsp3) is 0.133. The predicted molar refractivity (Wildman–Crippen MR) is 75.4 cm³/mol. The number of halogens is 1. The number of nitrogens with one attached hydrogen (secondary N) is 1. The standard InChI is InChI=1S/C15H14FN3O/c16-13-5-4-11(7-14(13)18)15(20)9-19-12-3-1-2-10(6-12)8-17/h1-7,15,19-20H,9,18H2. The van der Waals surface area contributed by atoms with Crippen LogP contribution < -0.4 is 11.1 Å². The summed E-state index contributed by atoms with van der Waals surface area (Å²) in [6, 6.07) is 13.1. The van der Waals surface area contributed by atoms with Crippen LogP contribution in [0.1, 0.15) is 17.2 Å². The molecule has 0 aliphatic heterocycles. The van der Waals surface area contributed by atoms with Gasteiger partial charge >= 0.3 is 0 Å². The van der Waals surface area contributed by atoms with Gasteiger partial charge in [0.15, 0.2) is 0 Å². The largest absolute Gasteiger partial charge is 0.396 e. The van der Waals surface area contributed by atoms with E-state index in [-0.39, 0.29) is 12.2 Å². The average Bonchev–Trinajstić information content (AvgIpc) is 2.47. The van der Waals surface area contributed by atoms with Crippen molar-refractivity contribution in [3.63, 3.8) is 0 Å². The second-order valence-electron chi connectivity index (χ2n) is 4.37. The highest BCUT2D eigenvalue weighted by molar-refractivity contribution is 5.49. The van der Waals surface area contributed by atoms with Gasteiger partial charge in [-0.2, -0.15) is 5.26 Å². The van der Waals surface area contributed by atoms with E-state index in [0.29, 0.717) is 11.1 Å². The smallest absolute Gasteiger partial charge is 0.146 e. The summed E-state index contributed by atoms with van der Waals surface area (Å²) in [5, 5.41) is 21.8. The number of hydrogen-bond acceptors (Lipinski definition) is 4. The highest BCUT2D eigenvalue weighted by Crippen LogP contribution is 2.19. The molecular formula is C15H14FN3O. The van der Waals surface area contributed by atoms with Crippen LogP contribution >= 0.6 is 0 Å². The minimum absolute atomic E-state index is 0.00743. The summed E-state index contributed by atoms with van der Waals surface area (Å²) in [7, 11) is 0. The van der Waals surface area contributed by atoms with E-state index in [1.165, 1.54) is 18.2 Å². The Kier molecular flexibility index (Phi) is 4.18. The van der Waals surface area contributed by atoms with Gasteiger partial charge < -0.3 is 16.2 Å². The molecule has 0 radical (unpaired) electrons. The third kappa shape index (κ3) is 3.25. The van der Waals surface area contributed by atoms with Gasteiger partial charge in [-0.25, -0.2) is 4.39 Å². The van der Waals surface area contributed by atoms with Crippen LogP contribution in [0.4, 0.5) is 15.8 Å². The minimum Gasteiger partial charge on any atom is -0.396 e. The molecule has 4 nitrogen and oxygen atoms in total. The molecule has 102 valence electrons. The molecular weight excluding hydrogens is 257 g/mol. The molecule has 0 saturated heterocycles. The molecule has 2 rings (SSSR count). The normalized spacial score (nSPS) is 11.7. The van der Waals surface area contributed by atoms with Gasteiger partial charge in [0, 0.05) is 12.2 Å². The number of nitriles is 1. The zero-order valence-electron chi connectivity index (χ0n) is 10.7. The molecule has 5 heteroatoms. The highest BCUT2D eigenvalue weighted by Gasteiger charge is 2.09. The maximum atomic E-state index is 13.0. The van der Waals surface area contributed by atoms with Crippen molar-refractivity contribution in [3.8, 4) is 6.07 Å². The van der Waals surface area contributed by atoms with E-state index in [2.05, 4.69) is 5.32 Å². The molecule has 20 heavy (non-hydrogen) atoms. The Bertz CT molecular complexity index is 652. The van der Waals surface area contributed by atoms with Crippen molar-refractivity contribution in [1.29, 1.82) is 5.26 Å². The quantitative estimate of drug-likeness (QED) is 0.746. The Morgan fingerprint density at radius 3 is 2.80 bits per heavy atom. The molecule has 2 aromatic carbocycles. The summed E-state index contributed by atoms with van der Waals surface area (Å²) in [6.07, 6.45) is -0.816. The maximum Gasteiger partial charge on any atom is 0.146 e. The monoisotopic (exact) mass is 271 g/mol. The summed E-state index contributed by atoms with van der Waals surface area (Å²) in [4.78, 5) is 0. The van der Waals surface area contributed by atoms with E-state index < -0.39 is 11.9 Å². The lowest BCUT2D eigenvalue weighted by Crippen LogP contribution is -2.12. The van der Waals surface area contributed by atoms with Crippen LogP contribution in [0.2, 0.25) is 0 Å². The SMILES string of the molecule is N#Cc1cccc(NCC(O)c2ccc(F)c(N)c2)c1. The molecule has 0 saturated carbocycles. The number of aliphatic hydroxyl groups is 1. The summed E-state index contributed by atoms with van der Waals surface area (Å²) in [5.74, 6) is -0.504. The average molecular weight is 271 g/mol. The van der Waals surface area contributed by atoms with Crippen LogP contribution in [0.25, 0.3) is 0 Å². The summed E-state index contributed by atoms with van der Waals surface area (Å²) >= 11 is 0. The number of anilines is 2. The first-order chi connectivity index (χ1) is 9.60. The Morgan fingerprint density at radius 2 is 2.10 bits per heavy atom. The molecule has 0 aromatic heterocycles. The Hall–Kier alpha value is -2.58. The molecule has 0 spiro atoms. The van der Waals surface area contributed by atoms with Crippen molar-refractivity contribution < 1.29 is 9.50 Å². The fourth-order valence-corrected chi connectivity index (χ4v) is 1.80. The van der Waals surface area contributed by atoms with Gasteiger partial charge in [0.25, 0.3) is 0 Å². The molecule has 2 aromatic rings. The lowest BCUT2D eigenvalue weighted by molar-refractivity contribution is 0.191. The van der Waals surface area contributed by atoms with Gasteiger partial charge in [0.1, 0.15) is 5.82 Å². The molecule has 0 aliphatic rings. The third-order valence-corrected chi connectivity index (χ3v) is 2.90. The van der Waals surface area contributed by atoms with Crippen LogP contribution in [0.5, 0.6) is 0 Å². The number of nitrogens with zero attached hydrogens (tertiary/aromatic N) is 1. The number of aliphatic hydroxyl groups excluding tert-OH is 1. The van der Waals surface area contributed by atoms with Crippen LogP contribution in [-0.4, -0.2) is 11.7 Å². The molecule has 4 N–H and O–H groups in total. The van der Waals surface area contributed by atoms with Crippen LogP contribution in [0.15, 0.2) is 42.5 Å². The van der Waals surface area contributed by atoms with E-state index in [1.807, 2.05) is 6.07 Å². The zero-order chi connectivity index (χ0) is 14.5. The summed E-state index contributed by atoms with van der Waals surface area (Å²) in [6.45, 7) is 0.236. The van der Waals surface area contributed by atoms with Crippen LogP contribution in [0.3, 0.4) is 0 Å². The first-order valence-electron chi connectivity index (χ1n) is 6.07. The topological polar surface area (TPSA) is 82.1 Å². The van der Waals surface area contributed by atoms with Crippen molar-refractivity contribution in [1.82, 2.24) is 0 Å². The van der Waals surface area contributed by atoms with E-state index >= 15 is 0 Å². The first kappa shape index (κ1) is 13.8. The number of nitrogen functional groups attached to an aromatic ring is 1. The van der Waals surface area contributed by atoms with E-state index in [4.69, 9.17) is 11.0 Å². The number of benzene rings is 2. The van der Waals surface area contributed by atoms with Crippen LogP contribution in [-0.2, 0) is 0 Å². The maximum absolute atomic E-state index is 13.0. The molecule has 0 heterocycles. The first-order valence-corrected chi connectivity index (χ1v) is 6.07. The van der Waals surface area contributed by atoms with Gasteiger partial charge in [-0.3, -0.25) is 0 Å². The van der Waals surface area contributed by atoms with Gasteiger partial charge in [-0.15, -0.1) is 0 Å². The van der Waals surface area contributed by atoms with Crippen LogP contribution in [0, 0.1) is 17.1 Å². The lowest BCUT2D eigenvalue weighted by Gasteiger charge is -2.14. The molecule has 0 bridgehead atoms. The number of hydrogen-bond donors (Lipinski definition) is 3. The van der Waals surface area contributed by atoms with Crippen molar-refractivity contribution in [2.75, 3.05) is 17.6 Å². The second-order valence-corrected chi connectivity index (χ2v) is 4.37. The number of rotatable bonds is 4. The fourth-order valence-electron chi connectivity index (χ4n) is 1.80. The Morgan fingerprint density at radius 1 is 1.30 bits per heavy atom. The van der Waals surface area contributed by atoms with Crippen molar-refractivity contribution in [2.24, 2.45) is 0 Å². The summed E-state index contributed by atoms with van der Waals surface area (Å²) in [5.41, 5.74) is 7.28. The summed E-state index contributed by atoms with van der Waals surface area (Å²) < 4.78 is 13.0. The van der Waals surface area contributed by atoms with Gasteiger partial charge in [-0.1, -0.05) is 12.1 Å². The second kappa shape index (κ2) is 6.04. The van der Waals surface area contributed by atoms with E-state index in [1.54, 1.807) is 24.3 Å². The predicted octanol–water partition coefficient (Wildman–Crippen LogP) is 2.43. The van der Waals surface area contributed by atoms with E-state index in [0.717, 1.165) is 5.69 Å². The van der Waals surface area contributed by atoms with Crippen molar-refractivity contribution >= 4 is 11.4 Å². The van der Waals surface area contributed by atoms with Gasteiger partial charge in [0.2, 0.25) is 0 Å². The van der Waals surface area contributed by atoms with E-state index in [9.17, 15) is 9.50 Å². The Balaban J connectivity index is 2.02. The van der Waals surface area contributed by atoms with Gasteiger partial charge in [0.05, 0.1) is 23.4 Å². The van der Waals surface area contributed by atoms with Crippen molar-refractivity contribution in [3.05, 3.63) is 59.4 Å². The third-order valence-electron chi connectivity index (χ3n) is 2.90. The molecule has 0 fully saturated rings. The minimum atomic E-state index is -0.816. The molecule has 0 aliphatic carbocycles. The number of nitrogens with two attached hydrogens (primary N) is 1. The lowest BCUT2D eigenvalue weighted by atomic mass is 10.1. The Labute approximate surface area is 116 Å². The molecule has 1 atom stereocenters. The zero-order valence-corrected chi connectivity index (χ0v) is 10.7. The highest BCUT2D eigenvalue weighted by atomic mass is 19.1. The van der Waals surface area contributed by atoms with Crippen molar-refractivity contribution in [2.45, 2.75) is 6.10 Å². The van der Waals surface area contributed by atoms with Gasteiger partial charge in [-0.05, 0) is 35.9 Å².